The van der Waals surface area contributed by atoms with E-state index in [2.05, 4.69) is 5.10 Å². The lowest BCUT2D eigenvalue weighted by atomic mass is 10.2. The van der Waals surface area contributed by atoms with Crippen LogP contribution in [-0.4, -0.2) is 33.0 Å². The van der Waals surface area contributed by atoms with E-state index < -0.39 is 10.8 Å². The van der Waals surface area contributed by atoms with Gasteiger partial charge < -0.3 is 4.90 Å². The average molecular weight is 374 g/mol. The van der Waals surface area contributed by atoms with Crippen molar-refractivity contribution >= 4 is 45.6 Å². The zero-order valence-electron chi connectivity index (χ0n) is 13.2. The number of aromatic amines is 1. The van der Waals surface area contributed by atoms with E-state index >= 15 is 0 Å². The fourth-order valence-electron chi connectivity index (χ4n) is 2.02. The molecule has 0 fully saturated rings. The van der Waals surface area contributed by atoms with Crippen LogP contribution in [0.25, 0.3) is 11.6 Å². The lowest BCUT2D eigenvalue weighted by Gasteiger charge is -2.04. The highest BCUT2D eigenvalue weighted by atomic mass is 35.5. The molecule has 2 rings (SSSR count). The number of rotatable bonds is 3. The van der Waals surface area contributed by atoms with E-state index in [-0.39, 0.29) is 5.56 Å². The minimum atomic E-state index is -1.52. The predicted molar refractivity (Wildman–Crippen MR) is 95.5 cm³/mol. The summed E-state index contributed by atoms with van der Waals surface area (Å²) in [5.74, 6) is 0. The molecule has 5 nitrogen and oxygen atoms in total. The van der Waals surface area contributed by atoms with E-state index in [1.165, 1.54) is 10.1 Å². The first-order chi connectivity index (χ1) is 10.7. The van der Waals surface area contributed by atoms with Gasteiger partial charge in [-0.2, -0.15) is 0 Å². The summed E-state index contributed by atoms with van der Waals surface area (Å²) in [6.45, 7) is 1.81. The topological polar surface area (TPSA) is 58.1 Å². The Balaban J connectivity index is 2.65. The minimum Gasteiger partial charge on any atom is -0.383 e. The van der Waals surface area contributed by atoms with Gasteiger partial charge in [-0.05, 0) is 24.6 Å². The number of benzene rings is 1. The summed E-state index contributed by atoms with van der Waals surface area (Å²) in [6.07, 6.45) is 1.68. The summed E-state index contributed by atoms with van der Waals surface area (Å²) < 4.78 is 14.0. The third-order valence-corrected chi connectivity index (χ3v) is 5.21. The molecule has 0 saturated heterocycles. The van der Waals surface area contributed by atoms with Crippen molar-refractivity contribution in [3.8, 4) is 0 Å². The van der Waals surface area contributed by atoms with Crippen LogP contribution in [0.5, 0.6) is 0 Å². The molecule has 1 aromatic heterocycles. The molecular formula is C15H17Cl2N3O2S. The zero-order chi connectivity index (χ0) is 17.3. The maximum atomic E-state index is 12.6. The van der Waals surface area contributed by atoms with Gasteiger partial charge in [0.2, 0.25) is 0 Å². The number of aryl methyl sites for hydroxylation is 2. The molecule has 1 unspecified atom stereocenters. The van der Waals surface area contributed by atoms with Crippen molar-refractivity contribution in [2.45, 2.75) is 11.8 Å². The number of aromatic nitrogens is 2. The standard InChI is InChI=1S/C15H17Cl2N3O2S/c1-9-5-14(12(17)6-11(9)16)23(22)8-13-10(7-19(2)3)15(21)20(4)18-13/h5-8,18H,1-4H3/b10-7?,13-8-. The van der Waals surface area contributed by atoms with Gasteiger partial charge in [-0.3, -0.25) is 14.6 Å². The summed E-state index contributed by atoms with van der Waals surface area (Å²) in [7, 11) is 3.71. The van der Waals surface area contributed by atoms with Crippen LogP contribution in [0.1, 0.15) is 5.56 Å². The van der Waals surface area contributed by atoms with Crippen LogP contribution in [0.15, 0.2) is 21.8 Å². The van der Waals surface area contributed by atoms with E-state index in [1.54, 1.807) is 30.3 Å². The molecule has 0 aliphatic carbocycles. The van der Waals surface area contributed by atoms with Crippen LogP contribution in [0.3, 0.4) is 0 Å². The second-order valence-corrected chi connectivity index (χ2v) is 7.43. The van der Waals surface area contributed by atoms with E-state index in [0.717, 1.165) is 5.56 Å². The fourth-order valence-corrected chi connectivity index (χ4v) is 3.69. The van der Waals surface area contributed by atoms with Gasteiger partial charge in [-0.25, -0.2) is 4.21 Å². The van der Waals surface area contributed by atoms with Crippen molar-refractivity contribution in [1.82, 2.24) is 14.7 Å². The lowest BCUT2D eigenvalue weighted by Crippen LogP contribution is -2.36. The summed E-state index contributed by atoms with van der Waals surface area (Å²) >= 11 is 12.1. The number of nitrogens with one attached hydrogen (secondary N) is 1. The average Bonchev–Trinajstić information content (AvgIpc) is 2.70. The summed E-state index contributed by atoms with van der Waals surface area (Å²) in [5.41, 5.74) is 0.592. The van der Waals surface area contributed by atoms with Gasteiger partial charge in [0.25, 0.3) is 5.56 Å². The van der Waals surface area contributed by atoms with Crippen molar-refractivity contribution < 1.29 is 4.21 Å². The highest BCUT2D eigenvalue weighted by Gasteiger charge is 2.10. The van der Waals surface area contributed by atoms with E-state index in [4.69, 9.17) is 23.2 Å². The third-order valence-electron chi connectivity index (χ3n) is 3.16. The Hall–Kier alpha value is -1.50. The molecule has 2 aromatic rings. The second-order valence-electron chi connectivity index (χ2n) is 5.34. The molecule has 1 N–H and O–H groups in total. The molecule has 0 amide bonds. The van der Waals surface area contributed by atoms with E-state index in [1.807, 2.05) is 21.0 Å². The second kappa shape index (κ2) is 6.95. The summed E-state index contributed by atoms with van der Waals surface area (Å²) in [5, 5.41) is 6.13. The maximum absolute atomic E-state index is 12.6. The van der Waals surface area contributed by atoms with Crippen LogP contribution in [0.4, 0.5) is 0 Å². The molecule has 0 aliphatic rings. The van der Waals surface area contributed by atoms with Crippen molar-refractivity contribution in [1.29, 1.82) is 0 Å². The normalized spacial score (nSPS) is 14.3. The van der Waals surface area contributed by atoms with Crippen molar-refractivity contribution in [3.05, 3.63) is 48.7 Å². The quantitative estimate of drug-likeness (QED) is 0.878. The molecule has 0 spiro atoms. The molecule has 1 aromatic carbocycles. The van der Waals surface area contributed by atoms with Gasteiger partial charge in [0, 0.05) is 37.8 Å². The Labute approximate surface area is 146 Å². The van der Waals surface area contributed by atoms with Crippen LogP contribution in [0.2, 0.25) is 10.0 Å². The number of halogens is 2. The summed E-state index contributed by atoms with van der Waals surface area (Å²) in [4.78, 5) is 14.3. The van der Waals surface area contributed by atoms with Crippen LogP contribution in [-0.2, 0) is 17.8 Å². The monoisotopic (exact) mass is 373 g/mol. The number of hydrogen-bond acceptors (Lipinski definition) is 3. The molecule has 0 saturated carbocycles. The van der Waals surface area contributed by atoms with Crippen molar-refractivity contribution in [2.75, 3.05) is 14.1 Å². The molecule has 8 heteroatoms. The van der Waals surface area contributed by atoms with E-state index in [0.29, 0.717) is 25.5 Å². The molecule has 1 heterocycles. The minimum absolute atomic E-state index is 0.194. The predicted octanol–water partition coefficient (Wildman–Crippen LogP) is 1.17. The van der Waals surface area contributed by atoms with Crippen molar-refractivity contribution in [3.63, 3.8) is 0 Å². The van der Waals surface area contributed by atoms with Crippen LogP contribution >= 0.6 is 23.2 Å². The Morgan fingerprint density at radius 2 is 1.91 bits per heavy atom. The van der Waals surface area contributed by atoms with E-state index in [9.17, 15) is 9.00 Å². The Morgan fingerprint density at radius 3 is 2.52 bits per heavy atom. The smallest absolute Gasteiger partial charge is 0.275 e. The lowest BCUT2D eigenvalue weighted by molar-refractivity contribution is 0.613. The van der Waals surface area contributed by atoms with Gasteiger partial charge in [-0.1, -0.05) is 23.2 Å². The van der Waals surface area contributed by atoms with Gasteiger partial charge >= 0.3 is 0 Å². The van der Waals surface area contributed by atoms with Gasteiger partial charge in [0.05, 0.1) is 31.3 Å². The first kappa shape index (κ1) is 17.8. The Bertz CT molecular complexity index is 945. The molecule has 1 atom stereocenters. The molecular weight excluding hydrogens is 357 g/mol. The molecule has 0 aliphatic heterocycles. The molecule has 23 heavy (non-hydrogen) atoms. The number of H-pyrrole nitrogens is 1. The number of hydrogen-bond donors (Lipinski definition) is 1. The fraction of sp³-hybridized carbons (Fsp3) is 0.267. The van der Waals surface area contributed by atoms with Gasteiger partial charge in [0.15, 0.2) is 0 Å². The largest absolute Gasteiger partial charge is 0.383 e. The first-order valence-electron chi connectivity index (χ1n) is 6.72. The molecule has 124 valence electrons. The zero-order valence-corrected chi connectivity index (χ0v) is 15.5. The van der Waals surface area contributed by atoms with Crippen LogP contribution < -0.4 is 16.1 Å². The first-order valence-corrected chi connectivity index (χ1v) is 8.69. The Kier molecular flexibility index (Phi) is 5.39. The van der Waals surface area contributed by atoms with Gasteiger partial charge in [0.1, 0.15) is 0 Å². The molecule has 0 bridgehead atoms. The highest BCUT2D eigenvalue weighted by Crippen LogP contribution is 2.27. The Morgan fingerprint density at radius 1 is 1.26 bits per heavy atom. The van der Waals surface area contributed by atoms with Crippen LogP contribution in [0, 0.1) is 6.92 Å². The SMILES string of the molecule is Cc1cc(S(=O)/C=c2\[nH]n(C)c(=O)c2=CN(C)C)c(Cl)cc1Cl. The number of nitrogens with zero attached hydrogens (tertiary/aromatic N) is 2. The summed E-state index contributed by atoms with van der Waals surface area (Å²) in [6, 6.07) is 3.26. The third kappa shape index (κ3) is 3.88. The van der Waals surface area contributed by atoms with Crippen molar-refractivity contribution in [2.24, 2.45) is 7.05 Å². The molecule has 0 radical (unpaired) electrons. The van der Waals surface area contributed by atoms with Gasteiger partial charge in [-0.15, -0.1) is 0 Å². The highest BCUT2D eigenvalue weighted by molar-refractivity contribution is 7.92. The maximum Gasteiger partial charge on any atom is 0.275 e.